The van der Waals surface area contributed by atoms with Crippen molar-refractivity contribution < 1.29 is 0 Å². The van der Waals surface area contributed by atoms with Crippen LogP contribution in [0.2, 0.25) is 0 Å². The van der Waals surface area contributed by atoms with Crippen LogP contribution in [0.5, 0.6) is 0 Å². The van der Waals surface area contributed by atoms with Gasteiger partial charge in [-0.1, -0.05) is 13.8 Å². The summed E-state index contributed by atoms with van der Waals surface area (Å²) in [7, 11) is 9.90. The molecule has 0 atom stereocenters. The van der Waals surface area contributed by atoms with E-state index in [0.717, 1.165) is 13.1 Å². The van der Waals surface area contributed by atoms with Gasteiger partial charge in [-0.05, 0) is 13.1 Å². The van der Waals surface area contributed by atoms with Gasteiger partial charge in [0, 0.05) is 0 Å². The fourth-order valence-corrected chi connectivity index (χ4v) is 0.250. The van der Waals surface area contributed by atoms with Crippen LogP contribution >= 0.6 is 20.0 Å². The van der Waals surface area contributed by atoms with E-state index in [4.69, 9.17) is 20.0 Å². The molecule has 0 unspecified atom stereocenters. The number of halogens is 2. The number of hydrogen-bond acceptors (Lipinski definition) is 1. The van der Waals surface area contributed by atoms with E-state index in [9.17, 15) is 0 Å². The second kappa shape index (κ2) is 15.7. The third-order valence-electron chi connectivity index (χ3n) is 0.500. The van der Waals surface area contributed by atoms with E-state index in [1.807, 2.05) is 0 Å². The van der Waals surface area contributed by atoms with E-state index in [1.165, 1.54) is 0 Å². The van der Waals surface area contributed by atoms with Gasteiger partial charge < -0.3 is 5.32 Å². The molecule has 0 bridgehead atoms. The van der Waals surface area contributed by atoms with Crippen LogP contribution in [-0.4, -0.2) is 26.7 Å². The molecule has 1 N–H and O–H groups in total. The molecule has 0 saturated carbocycles. The van der Waals surface area contributed by atoms with Crippen LogP contribution in [0, 0.1) is 0 Å². The Labute approximate surface area is 66.0 Å². The van der Waals surface area contributed by atoms with Crippen molar-refractivity contribution in [3.8, 4) is 0 Å². The van der Waals surface area contributed by atoms with E-state index >= 15 is 0 Å². The van der Waals surface area contributed by atoms with Crippen LogP contribution in [0.1, 0.15) is 13.8 Å². The molecule has 0 amide bonds. The second-order valence-corrected chi connectivity index (χ2v) is 5.68. The first-order chi connectivity index (χ1) is 3.83. The van der Waals surface area contributed by atoms with Crippen LogP contribution in [0.15, 0.2) is 0 Å². The maximum absolute atomic E-state index is 4.95. The van der Waals surface area contributed by atoms with Crippen LogP contribution in [0.3, 0.4) is 0 Å². The van der Waals surface area contributed by atoms with Gasteiger partial charge in [-0.15, -0.1) is 0 Å². The molecule has 0 aromatic rings. The van der Waals surface area contributed by atoms with Gasteiger partial charge in [0.05, 0.1) is 0 Å². The van der Waals surface area contributed by atoms with E-state index in [1.54, 1.807) is 0 Å². The minimum atomic E-state index is -0.931. The van der Waals surface area contributed by atoms with Gasteiger partial charge in [0.15, 0.2) is 0 Å². The molecule has 0 aliphatic heterocycles. The molecule has 4 heteroatoms. The predicted molar refractivity (Wildman–Crippen MR) is 44.5 cm³/mol. The van der Waals surface area contributed by atoms with Crippen LogP contribution < -0.4 is 5.32 Å². The second-order valence-electron chi connectivity index (χ2n) is 1.06. The van der Waals surface area contributed by atoms with E-state index in [-0.39, 0.29) is 0 Å². The zero-order chi connectivity index (χ0) is 6.83. The summed E-state index contributed by atoms with van der Waals surface area (Å²) in [6.07, 6.45) is 0. The van der Waals surface area contributed by atoms with Gasteiger partial charge in [-0.25, -0.2) is 0 Å². The average molecular weight is 219 g/mol. The fourth-order valence-electron chi connectivity index (χ4n) is 0.250. The van der Waals surface area contributed by atoms with Gasteiger partial charge >= 0.3 is 33.6 Å². The van der Waals surface area contributed by atoms with Crippen molar-refractivity contribution in [1.82, 2.24) is 5.32 Å². The Morgan fingerprint density at radius 2 is 1.50 bits per heavy atom. The van der Waals surface area contributed by atoms with Crippen molar-refractivity contribution in [2.45, 2.75) is 13.8 Å². The topological polar surface area (TPSA) is 12.0 Å². The summed E-state index contributed by atoms with van der Waals surface area (Å²) < 4.78 is 0. The Bertz CT molecular complexity index is 28.0. The number of rotatable bonds is 2. The molecular weight excluding hydrogens is 206 g/mol. The summed E-state index contributed by atoms with van der Waals surface area (Å²) in [6, 6.07) is 0. The van der Waals surface area contributed by atoms with Crippen molar-refractivity contribution in [3.63, 3.8) is 0 Å². The Morgan fingerprint density at radius 3 is 1.50 bits per heavy atom. The molecule has 8 heavy (non-hydrogen) atoms. The molecule has 1 nitrogen and oxygen atoms in total. The first kappa shape index (κ1) is 11.8. The molecule has 0 aromatic heterocycles. The molecule has 0 aliphatic rings. The molecule has 0 spiro atoms. The molecular formula is C4H13Cl2GeN. The summed E-state index contributed by atoms with van der Waals surface area (Å²) in [5, 5.41) is 3.11. The molecule has 0 heterocycles. The molecule has 0 rings (SSSR count). The quantitative estimate of drug-likeness (QED) is 0.684. The standard InChI is InChI=1S/C4H11N.Cl2GeH2/c1-3-5-4-2;1-3-2/h5H,3-4H2,1-2H3;3H2. The SMILES string of the molecule is CCNCC.[Cl][GeH2][Cl]. The zero-order valence-electron chi connectivity index (χ0n) is 5.38. The Hall–Kier alpha value is 1.08. The Kier molecular flexibility index (Phi) is 23.2. The Morgan fingerprint density at radius 1 is 1.25 bits per heavy atom. The van der Waals surface area contributed by atoms with Crippen molar-refractivity contribution in [1.29, 1.82) is 0 Å². The first-order valence-corrected chi connectivity index (χ1v) is 10.5. The maximum atomic E-state index is 4.95. The van der Waals surface area contributed by atoms with Gasteiger partial charge in [0.25, 0.3) is 0 Å². The van der Waals surface area contributed by atoms with Crippen molar-refractivity contribution in [2.75, 3.05) is 13.1 Å². The molecule has 0 aromatic carbocycles. The van der Waals surface area contributed by atoms with Crippen LogP contribution in [0.25, 0.3) is 0 Å². The van der Waals surface area contributed by atoms with Crippen LogP contribution in [0.4, 0.5) is 0 Å². The Balaban J connectivity index is 0. The van der Waals surface area contributed by atoms with E-state index < -0.39 is 13.6 Å². The number of hydrogen-bond donors (Lipinski definition) is 1. The molecule has 0 saturated heterocycles. The molecule has 0 fully saturated rings. The minimum absolute atomic E-state index is 0.931. The van der Waals surface area contributed by atoms with E-state index in [2.05, 4.69) is 19.2 Å². The van der Waals surface area contributed by atoms with Gasteiger partial charge in [0.1, 0.15) is 0 Å². The zero-order valence-corrected chi connectivity index (χ0v) is 9.86. The number of nitrogens with one attached hydrogen (secondary N) is 1. The van der Waals surface area contributed by atoms with Crippen LogP contribution in [-0.2, 0) is 0 Å². The monoisotopic (exact) mass is 219 g/mol. The van der Waals surface area contributed by atoms with Crippen molar-refractivity contribution >= 4 is 33.6 Å². The third-order valence-corrected chi connectivity index (χ3v) is 0.500. The predicted octanol–water partition coefficient (Wildman–Crippen LogP) is 1.08. The average Bonchev–Trinajstić information content (AvgIpc) is 1.71. The first-order valence-electron chi connectivity index (χ1n) is 2.66. The summed E-state index contributed by atoms with van der Waals surface area (Å²) in [5.41, 5.74) is 0. The molecule has 52 valence electrons. The molecule has 0 radical (unpaired) electrons. The van der Waals surface area contributed by atoms with E-state index in [0.29, 0.717) is 0 Å². The van der Waals surface area contributed by atoms with Crippen molar-refractivity contribution in [2.24, 2.45) is 0 Å². The summed E-state index contributed by atoms with van der Waals surface area (Å²) in [6.45, 7) is 6.39. The summed E-state index contributed by atoms with van der Waals surface area (Å²) >= 11 is -0.931. The van der Waals surface area contributed by atoms with Gasteiger partial charge in [-0.3, -0.25) is 0 Å². The normalized spacial score (nSPS) is 7.50. The summed E-state index contributed by atoms with van der Waals surface area (Å²) in [5.74, 6) is 0. The van der Waals surface area contributed by atoms with Crippen molar-refractivity contribution in [3.05, 3.63) is 0 Å². The van der Waals surface area contributed by atoms with Gasteiger partial charge in [-0.2, -0.15) is 0 Å². The molecule has 0 aliphatic carbocycles. The summed E-state index contributed by atoms with van der Waals surface area (Å²) in [4.78, 5) is 0. The van der Waals surface area contributed by atoms with Gasteiger partial charge in [0.2, 0.25) is 0 Å². The fraction of sp³-hybridized carbons (Fsp3) is 1.00. The third kappa shape index (κ3) is 27.6.